The molecule has 2 rings (SSSR count). The van der Waals surface area contributed by atoms with E-state index < -0.39 is 10.9 Å². The number of carbonyl (C=O) groups excluding carboxylic acids is 1. The highest BCUT2D eigenvalue weighted by molar-refractivity contribution is 5.98. The first-order valence-electron chi connectivity index (χ1n) is 7.20. The van der Waals surface area contributed by atoms with Crippen LogP contribution in [0.3, 0.4) is 0 Å². The Kier molecular flexibility index (Phi) is 4.75. The van der Waals surface area contributed by atoms with Crippen molar-refractivity contribution in [3.8, 4) is 0 Å². The van der Waals surface area contributed by atoms with Gasteiger partial charge in [0.1, 0.15) is 0 Å². The summed E-state index contributed by atoms with van der Waals surface area (Å²) in [6.45, 7) is 3.24. The minimum absolute atomic E-state index is 0.0562. The Morgan fingerprint density at radius 2 is 1.95 bits per heavy atom. The molecule has 0 spiro atoms. The van der Waals surface area contributed by atoms with Crippen molar-refractivity contribution < 1.29 is 19.6 Å². The summed E-state index contributed by atoms with van der Waals surface area (Å²) in [5.41, 5.74) is -0.577. The third-order valence-corrected chi connectivity index (χ3v) is 3.82. The molecule has 0 radical (unpaired) electrons. The van der Waals surface area contributed by atoms with Gasteiger partial charge in [0.15, 0.2) is 0 Å². The fourth-order valence-electron chi connectivity index (χ4n) is 2.68. The molecule has 1 atom stereocenters. The number of hydrogen-bond acceptors (Lipinski definition) is 4. The normalized spacial score (nSPS) is 18.6. The van der Waals surface area contributed by atoms with Gasteiger partial charge in [-0.1, -0.05) is 13.3 Å². The lowest BCUT2D eigenvalue weighted by Crippen LogP contribution is -2.34. The van der Waals surface area contributed by atoms with Crippen LogP contribution in [0.5, 0.6) is 0 Å². The van der Waals surface area contributed by atoms with Gasteiger partial charge in [-0.3, -0.25) is 14.9 Å². The van der Waals surface area contributed by atoms with E-state index in [-0.39, 0.29) is 22.7 Å². The molecule has 1 saturated heterocycles. The van der Waals surface area contributed by atoms with Crippen molar-refractivity contribution >= 4 is 17.6 Å². The lowest BCUT2D eigenvalue weighted by Gasteiger charge is -2.22. The summed E-state index contributed by atoms with van der Waals surface area (Å²) in [6, 6.07) is 3.31. The van der Waals surface area contributed by atoms with Crippen molar-refractivity contribution in [2.45, 2.75) is 26.2 Å². The van der Waals surface area contributed by atoms with Crippen molar-refractivity contribution in [1.82, 2.24) is 4.90 Å². The van der Waals surface area contributed by atoms with E-state index in [1.54, 1.807) is 4.90 Å². The van der Waals surface area contributed by atoms with Crippen LogP contribution in [0.25, 0.3) is 0 Å². The lowest BCUT2D eigenvalue weighted by molar-refractivity contribution is -0.384. The number of likely N-dealkylation sites (tertiary alicyclic amines) is 1. The molecule has 1 aromatic rings. The van der Waals surface area contributed by atoms with E-state index in [1.807, 2.05) is 0 Å². The molecule has 7 nitrogen and oxygen atoms in total. The Morgan fingerprint density at radius 1 is 1.27 bits per heavy atom. The highest BCUT2D eigenvalue weighted by atomic mass is 16.6. The van der Waals surface area contributed by atoms with E-state index in [9.17, 15) is 19.7 Å². The SMILES string of the molecule is CC1CCCCN(C(=O)c2cc(C(=O)O)cc([N+](=O)[O-])c2)C1. The molecule has 1 amide bonds. The zero-order chi connectivity index (χ0) is 16.3. The molecule has 118 valence electrons. The zero-order valence-corrected chi connectivity index (χ0v) is 12.3. The second-order valence-corrected chi connectivity index (χ2v) is 5.68. The third kappa shape index (κ3) is 3.60. The van der Waals surface area contributed by atoms with Crippen LogP contribution in [-0.4, -0.2) is 39.9 Å². The number of carboxylic acid groups (broad SMARTS) is 1. The number of aromatic carboxylic acids is 1. The summed E-state index contributed by atoms with van der Waals surface area (Å²) in [4.78, 5) is 35.5. The van der Waals surface area contributed by atoms with E-state index >= 15 is 0 Å². The molecule has 0 aromatic heterocycles. The van der Waals surface area contributed by atoms with Crippen LogP contribution in [0.1, 0.15) is 46.9 Å². The summed E-state index contributed by atoms with van der Waals surface area (Å²) in [6.07, 6.45) is 2.97. The van der Waals surface area contributed by atoms with Crippen LogP contribution < -0.4 is 0 Å². The molecule has 7 heteroatoms. The van der Waals surface area contributed by atoms with E-state index in [1.165, 1.54) is 6.07 Å². The van der Waals surface area contributed by atoms with Gasteiger partial charge in [0, 0.05) is 30.8 Å². The summed E-state index contributed by atoms with van der Waals surface area (Å²) in [5.74, 6) is -1.27. The fourth-order valence-corrected chi connectivity index (χ4v) is 2.68. The van der Waals surface area contributed by atoms with Crippen LogP contribution in [0, 0.1) is 16.0 Å². The summed E-state index contributed by atoms with van der Waals surface area (Å²) in [5, 5.41) is 20.0. The topological polar surface area (TPSA) is 101 Å². The smallest absolute Gasteiger partial charge is 0.335 e. The van der Waals surface area contributed by atoms with Crippen molar-refractivity contribution in [3.05, 3.63) is 39.4 Å². The Bertz CT molecular complexity index is 582. The molecule has 1 aliphatic rings. The van der Waals surface area contributed by atoms with Crippen LogP contribution >= 0.6 is 0 Å². The van der Waals surface area contributed by atoms with E-state index in [0.717, 1.165) is 31.4 Å². The molecule has 1 fully saturated rings. The number of carbonyl (C=O) groups is 2. The van der Waals surface area contributed by atoms with E-state index in [4.69, 9.17) is 5.11 Å². The maximum Gasteiger partial charge on any atom is 0.335 e. The molecule has 22 heavy (non-hydrogen) atoms. The average Bonchev–Trinajstić information content (AvgIpc) is 2.70. The van der Waals surface area contributed by atoms with Gasteiger partial charge >= 0.3 is 5.97 Å². The first kappa shape index (κ1) is 15.9. The highest BCUT2D eigenvalue weighted by Crippen LogP contribution is 2.22. The number of benzene rings is 1. The molecule has 1 unspecified atom stereocenters. The Morgan fingerprint density at radius 3 is 2.59 bits per heavy atom. The summed E-state index contributed by atoms with van der Waals surface area (Å²) >= 11 is 0. The first-order chi connectivity index (χ1) is 10.4. The molecule has 1 aliphatic heterocycles. The van der Waals surface area contributed by atoms with Gasteiger partial charge in [0.25, 0.3) is 11.6 Å². The third-order valence-electron chi connectivity index (χ3n) is 3.82. The number of carboxylic acids is 1. The van der Waals surface area contributed by atoms with Gasteiger partial charge in [-0.05, 0) is 24.8 Å². The van der Waals surface area contributed by atoms with Gasteiger partial charge in [-0.2, -0.15) is 0 Å². The average molecular weight is 306 g/mol. The molecule has 0 saturated carbocycles. The maximum absolute atomic E-state index is 12.6. The van der Waals surface area contributed by atoms with Crippen molar-refractivity contribution in [1.29, 1.82) is 0 Å². The molecule has 1 heterocycles. The van der Waals surface area contributed by atoms with E-state index in [2.05, 4.69) is 6.92 Å². The van der Waals surface area contributed by atoms with Crippen LogP contribution in [0.4, 0.5) is 5.69 Å². The van der Waals surface area contributed by atoms with Crippen molar-refractivity contribution in [2.75, 3.05) is 13.1 Å². The maximum atomic E-state index is 12.6. The lowest BCUT2D eigenvalue weighted by atomic mass is 10.1. The van der Waals surface area contributed by atoms with Crippen molar-refractivity contribution in [3.63, 3.8) is 0 Å². The number of amides is 1. The predicted octanol–water partition coefficient (Wildman–Crippen LogP) is 2.56. The number of hydrogen-bond donors (Lipinski definition) is 1. The summed E-state index contributed by atoms with van der Waals surface area (Å²) < 4.78 is 0. The molecule has 1 aromatic carbocycles. The van der Waals surface area contributed by atoms with Crippen LogP contribution in [-0.2, 0) is 0 Å². The van der Waals surface area contributed by atoms with Gasteiger partial charge in [-0.25, -0.2) is 4.79 Å². The Balaban J connectivity index is 2.35. The molecule has 0 bridgehead atoms. The van der Waals surface area contributed by atoms with Gasteiger partial charge in [0.2, 0.25) is 0 Å². The Labute approximate surface area is 127 Å². The second kappa shape index (κ2) is 6.55. The second-order valence-electron chi connectivity index (χ2n) is 5.68. The highest BCUT2D eigenvalue weighted by Gasteiger charge is 2.24. The van der Waals surface area contributed by atoms with Crippen LogP contribution in [0.2, 0.25) is 0 Å². The minimum Gasteiger partial charge on any atom is -0.478 e. The zero-order valence-electron chi connectivity index (χ0n) is 12.3. The standard InChI is InChI=1S/C15H18N2O5/c1-10-4-2-3-5-16(9-10)14(18)11-6-12(15(19)20)8-13(7-11)17(21)22/h6-8,10H,2-5,9H2,1H3,(H,19,20). The summed E-state index contributed by atoms with van der Waals surface area (Å²) in [7, 11) is 0. The molecule has 0 aliphatic carbocycles. The predicted molar refractivity (Wildman–Crippen MR) is 79.0 cm³/mol. The number of non-ortho nitro benzene ring substituents is 1. The Hall–Kier alpha value is -2.44. The van der Waals surface area contributed by atoms with Gasteiger partial charge in [0.05, 0.1) is 10.5 Å². The molecular formula is C15H18N2O5. The minimum atomic E-state index is -1.29. The number of nitro groups is 1. The molecular weight excluding hydrogens is 288 g/mol. The van der Waals surface area contributed by atoms with Crippen molar-refractivity contribution in [2.24, 2.45) is 5.92 Å². The first-order valence-corrected chi connectivity index (χ1v) is 7.20. The van der Waals surface area contributed by atoms with E-state index in [0.29, 0.717) is 19.0 Å². The largest absolute Gasteiger partial charge is 0.478 e. The van der Waals surface area contributed by atoms with Crippen LogP contribution in [0.15, 0.2) is 18.2 Å². The fraction of sp³-hybridized carbons (Fsp3) is 0.467. The number of nitro benzene ring substituents is 1. The number of rotatable bonds is 3. The molecule has 1 N–H and O–H groups in total. The van der Waals surface area contributed by atoms with Gasteiger partial charge < -0.3 is 10.0 Å². The quantitative estimate of drug-likeness (QED) is 0.683. The monoisotopic (exact) mass is 306 g/mol. The number of nitrogens with zero attached hydrogens (tertiary/aromatic N) is 2. The van der Waals surface area contributed by atoms with Gasteiger partial charge in [-0.15, -0.1) is 0 Å².